The third kappa shape index (κ3) is 3.18. The number of carbonyl (C=O) groups is 1. The van der Waals surface area contributed by atoms with E-state index < -0.39 is 0 Å². The number of fused-ring (bicyclic) bond motifs is 3. The first-order valence-corrected chi connectivity index (χ1v) is 9.33. The van der Waals surface area contributed by atoms with Crippen LogP contribution in [-0.2, 0) is 6.54 Å². The van der Waals surface area contributed by atoms with Gasteiger partial charge < -0.3 is 14.8 Å². The number of ether oxygens (including phenoxy) is 2. The molecular weight excluding hydrogens is 378 g/mol. The number of hydrogen-bond donors (Lipinski definition) is 1. The molecule has 1 amide bonds. The highest BCUT2D eigenvalue weighted by Gasteiger charge is 2.16. The van der Waals surface area contributed by atoms with Crippen LogP contribution in [0.1, 0.15) is 16.1 Å². The van der Waals surface area contributed by atoms with E-state index in [0.29, 0.717) is 16.5 Å². The monoisotopic (exact) mass is 395 g/mol. The number of aromatic nitrogens is 2. The first-order chi connectivity index (χ1) is 13.6. The molecule has 2 aromatic heterocycles. The van der Waals surface area contributed by atoms with Crippen LogP contribution in [0.25, 0.3) is 16.0 Å². The van der Waals surface area contributed by atoms with Gasteiger partial charge in [0.15, 0.2) is 4.96 Å². The Morgan fingerprint density at radius 3 is 2.75 bits per heavy atom. The third-order valence-corrected chi connectivity index (χ3v) is 5.15. The summed E-state index contributed by atoms with van der Waals surface area (Å²) in [5, 5.41) is 2.86. The summed E-state index contributed by atoms with van der Waals surface area (Å²) in [6.45, 7) is 0.222. The van der Waals surface area contributed by atoms with E-state index in [1.165, 1.54) is 6.07 Å². The minimum atomic E-state index is -0.372. The highest BCUT2D eigenvalue weighted by Crippen LogP contribution is 2.24. The van der Waals surface area contributed by atoms with Gasteiger partial charge in [0.2, 0.25) is 4.74 Å². The second-order valence-corrected chi connectivity index (χ2v) is 7.00. The quantitative estimate of drug-likeness (QED) is 0.562. The minimum Gasteiger partial charge on any atom is -0.497 e. The fourth-order valence-corrected chi connectivity index (χ4v) is 3.84. The molecule has 0 atom stereocenters. The summed E-state index contributed by atoms with van der Waals surface area (Å²) in [7, 11) is 3.14. The molecule has 28 heavy (non-hydrogen) atoms. The molecule has 2 aromatic carbocycles. The van der Waals surface area contributed by atoms with E-state index in [4.69, 9.17) is 9.47 Å². The summed E-state index contributed by atoms with van der Waals surface area (Å²) >= 11 is 1.00. The molecule has 7 nitrogen and oxygen atoms in total. The fourth-order valence-electron chi connectivity index (χ4n) is 3.05. The molecule has 0 fully saturated rings. The van der Waals surface area contributed by atoms with Gasteiger partial charge in [-0.1, -0.05) is 23.5 Å². The van der Waals surface area contributed by atoms with Crippen molar-refractivity contribution in [2.75, 3.05) is 14.2 Å². The lowest BCUT2D eigenvalue weighted by atomic mass is 10.2. The maximum atomic E-state index is 12.9. The first-order valence-electron chi connectivity index (χ1n) is 8.51. The van der Waals surface area contributed by atoms with E-state index in [9.17, 15) is 9.59 Å². The zero-order valence-electron chi connectivity index (χ0n) is 15.3. The van der Waals surface area contributed by atoms with E-state index in [0.717, 1.165) is 27.9 Å². The maximum Gasteiger partial charge on any atom is 0.268 e. The number of nitrogens with zero attached hydrogens (tertiary/aromatic N) is 2. The number of carbonyl (C=O) groups excluding carboxylic acids is 1. The van der Waals surface area contributed by atoms with Crippen LogP contribution in [0.2, 0.25) is 0 Å². The molecule has 0 spiro atoms. The SMILES string of the molecule is COc1ccc(OC)c(CNC(=O)c2cc(=O)sc3nc4ccccc4n23)c1. The summed E-state index contributed by atoms with van der Waals surface area (Å²) in [5.74, 6) is 0.929. The molecule has 0 saturated heterocycles. The molecule has 0 saturated carbocycles. The average molecular weight is 395 g/mol. The summed E-state index contributed by atoms with van der Waals surface area (Å²) in [5.41, 5.74) is 2.52. The van der Waals surface area contributed by atoms with Crippen LogP contribution in [0.5, 0.6) is 11.5 Å². The Morgan fingerprint density at radius 1 is 1.14 bits per heavy atom. The zero-order valence-corrected chi connectivity index (χ0v) is 16.1. The van der Waals surface area contributed by atoms with Gasteiger partial charge in [-0.3, -0.25) is 14.0 Å². The fraction of sp³-hybridized carbons (Fsp3) is 0.150. The lowest BCUT2D eigenvalue weighted by molar-refractivity contribution is 0.0944. The van der Waals surface area contributed by atoms with Crippen LogP contribution in [-0.4, -0.2) is 29.5 Å². The Labute approximate surface area is 164 Å². The predicted octanol–water partition coefficient (Wildman–Crippen LogP) is 2.86. The Balaban J connectivity index is 1.71. The number of methoxy groups -OCH3 is 2. The smallest absolute Gasteiger partial charge is 0.268 e. The normalized spacial score (nSPS) is 10.9. The standard InChI is InChI=1S/C20H17N3O4S/c1-26-13-7-8-17(27-2)12(9-13)11-21-19(25)16-10-18(24)28-20-22-14-5-3-4-6-15(14)23(16)20/h3-10H,11H2,1-2H3,(H,21,25). The third-order valence-electron chi connectivity index (χ3n) is 4.38. The van der Waals surface area contributed by atoms with Crippen molar-refractivity contribution in [3.05, 3.63) is 69.3 Å². The van der Waals surface area contributed by atoms with E-state index >= 15 is 0 Å². The molecule has 0 unspecified atom stereocenters. The van der Waals surface area contributed by atoms with Crippen molar-refractivity contribution in [3.63, 3.8) is 0 Å². The Morgan fingerprint density at radius 2 is 1.96 bits per heavy atom. The topological polar surface area (TPSA) is 81.9 Å². The van der Waals surface area contributed by atoms with Crippen molar-refractivity contribution in [2.24, 2.45) is 0 Å². The van der Waals surface area contributed by atoms with Crippen LogP contribution >= 0.6 is 11.3 Å². The van der Waals surface area contributed by atoms with Crippen molar-refractivity contribution in [1.82, 2.24) is 14.7 Å². The van der Waals surface area contributed by atoms with E-state index in [-0.39, 0.29) is 22.9 Å². The lowest BCUT2D eigenvalue weighted by Gasteiger charge is -2.12. The molecule has 4 rings (SSSR count). The molecule has 0 bridgehead atoms. The molecule has 8 heteroatoms. The first kappa shape index (κ1) is 18.0. The average Bonchev–Trinajstić information content (AvgIpc) is 3.09. The molecule has 1 N–H and O–H groups in total. The van der Waals surface area contributed by atoms with Gasteiger partial charge in [0.05, 0.1) is 25.3 Å². The maximum absolute atomic E-state index is 12.9. The van der Waals surface area contributed by atoms with Gasteiger partial charge in [0, 0.05) is 18.2 Å². The summed E-state index contributed by atoms with van der Waals surface area (Å²) in [6, 6.07) is 14.2. The van der Waals surface area contributed by atoms with Gasteiger partial charge in [0.1, 0.15) is 17.2 Å². The van der Waals surface area contributed by atoms with Crippen LogP contribution in [0, 0.1) is 0 Å². The van der Waals surface area contributed by atoms with Gasteiger partial charge in [-0.05, 0) is 30.3 Å². The number of rotatable bonds is 5. The second-order valence-electron chi connectivity index (χ2n) is 6.03. The number of amides is 1. The Kier molecular flexibility index (Phi) is 4.70. The van der Waals surface area contributed by atoms with Crippen LogP contribution < -0.4 is 19.5 Å². The molecule has 0 aliphatic carbocycles. The van der Waals surface area contributed by atoms with Gasteiger partial charge in [-0.2, -0.15) is 0 Å². The van der Waals surface area contributed by atoms with E-state index in [2.05, 4.69) is 10.3 Å². The van der Waals surface area contributed by atoms with Crippen molar-refractivity contribution in [1.29, 1.82) is 0 Å². The van der Waals surface area contributed by atoms with Gasteiger partial charge in [-0.25, -0.2) is 4.98 Å². The highest BCUT2D eigenvalue weighted by atomic mass is 32.1. The van der Waals surface area contributed by atoms with Gasteiger partial charge in [-0.15, -0.1) is 0 Å². The van der Waals surface area contributed by atoms with Gasteiger partial charge in [0.25, 0.3) is 5.91 Å². The second kappa shape index (κ2) is 7.32. The largest absolute Gasteiger partial charge is 0.497 e. The number of nitrogens with one attached hydrogen (secondary N) is 1. The van der Waals surface area contributed by atoms with Crippen molar-refractivity contribution in [2.45, 2.75) is 6.54 Å². The summed E-state index contributed by atoms with van der Waals surface area (Å²) in [6.07, 6.45) is 0. The number of imidazole rings is 1. The Hall–Kier alpha value is -3.39. The van der Waals surface area contributed by atoms with Crippen molar-refractivity contribution < 1.29 is 14.3 Å². The van der Waals surface area contributed by atoms with Crippen molar-refractivity contribution in [3.8, 4) is 11.5 Å². The Bertz CT molecular complexity index is 1250. The molecule has 0 radical (unpaired) electrons. The number of hydrogen-bond acceptors (Lipinski definition) is 6. The number of para-hydroxylation sites is 2. The molecule has 142 valence electrons. The molecular formula is C20H17N3O4S. The van der Waals surface area contributed by atoms with Crippen LogP contribution in [0.3, 0.4) is 0 Å². The molecule has 0 aliphatic heterocycles. The molecule has 0 aliphatic rings. The van der Waals surface area contributed by atoms with Crippen LogP contribution in [0.4, 0.5) is 0 Å². The van der Waals surface area contributed by atoms with Crippen LogP contribution in [0.15, 0.2) is 53.3 Å². The van der Waals surface area contributed by atoms with Gasteiger partial charge >= 0.3 is 0 Å². The molecule has 2 heterocycles. The van der Waals surface area contributed by atoms with Crippen molar-refractivity contribution >= 4 is 33.2 Å². The summed E-state index contributed by atoms with van der Waals surface area (Å²) in [4.78, 5) is 29.9. The molecule has 4 aromatic rings. The van der Waals surface area contributed by atoms with E-state index in [1.54, 1.807) is 36.8 Å². The number of benzene rings is 2. The zero-order chi connectivity index (χ0) is 19.7. The van der Waals surface area contributed by atoms with E-state index in [1.807, 2.05) is 24.3 Å². The highest BCUT2D eigenvalue weighted by molar-refractivity contribution is 7.14. The summed E-state index contributed by atoms with van der Waals surface area (Å²) < 4.78 is 12.1. The predicted molar refractivity (Wildman–Crippen MR) is 108 cm³/mol. The minimum absolute atomic E-state index is 0.222. The lowest BCUT2D eigenvalue weighted by Crippen LogP contribution is -2.26.